The minimum Gasteiger partial charge on any atom is -0.462 e. The maximum Gasteiger partial charge on any atom is 0.276 e. The second-order valence-corrected chi connectivity index (χ2v) is 5.79. The second kappa shape index (κ2) is 5.40. The van der Waals surface area contributed by atoms with E-state index in [2.05, 4.69) is 5.32 Å². The molecule has 1 N–H and O–H groups in total. The number of carbonyl (C=O) groups excluding carboxylic acids is 1. The first-order valence-corrected chi connectivity index (χ1v) is 7.48. The minimum atomic E-state index is -0.0315. The first kappa shape index (κ1) is 13.4. The molecular weight excluding hydrogens is 272 g/mol. The highest BCUT2D eigenvalue weighted by Gasteiger charge is 2.36. The zero-order valence-corrected chi connectivity index (χ0v) is 12.3. The summed E-state index contributed by atoms with van der Waals surface area (Å²) in [6, 6.07) is 3.98. The van der Waals surface area contributed by atoms with Crippen LogP contribution in [0.4, 0.5) is 0 Å². The summed E-state index contributed by atoms with van der Waals surface area (Å²) in [6.45, 7) is 1.88. The zero-order chi connectivity index (χ0) is 14.1. The number of rotatable bonds is 2. The molecule has 4 nitrogen and oxygen atoms in total. The van der Waals surface area contributed by atoms with Crippen molar-refractivity contribution in [1.82, 2.24) is 10.2 Å². The first-order valence-electron chi connectivity index (χ1n) is 7.08. The van der Waals surface area contributed by atoms with Crippen LogP contribution in [0.25, 0.3) is 6.08 Å². The molecule has 1 aliphatic carbocycles. The first-order chi connectivity index (χ1) is 9.65. The smallest absolute Gasteiger partial charge is 0.276 e. The van der Waals surface area contributed by atoms with Crippen LogP contribution in [0.5, 0.6) is 0 Å². The quantitative estimate of drug-likeness (QED) is 0.672. The molecule has 0 spiro atoms. The van der Waals surface area contributed by atoms with Crippen molar-refractivity contribution in [2.45, 2.75) is 45.1 Å². The maximum absolute atomic E-state index is 12.5. The summed E-state index contributed by atoms with van der Waals surface area (Å²) in [5.41, 5.74) is 0.509. The van der Waals surface area contributed by atoms with Crippen LogP contribution in [0.1, 0.15) is 43.6 Å². The summed E-state index contributed by atoms with van der Waals surface area (Å²) < 4.78 is 5.48. The molecule has 1 saturated carbocycles. The Morgan fingerprint density at radius 3 is 2.75 bits per heavy atom. The van der Waals surface area contributed by atoms with E-state index in [4.69, 9.17) is 16.6 Å². The molecule has 0 aromatic carbocycles. The number of aryl methyl sites for hydroxylation is 1. The van der Waals surface area contributed by atoms with E-state index in [9.17, 15) is 4.79 Å². The van der Waals surface area contributed by atoms with E-state index in [1.165, 1.54) is 19.3 Å². The van der Waals surface area contributed by atoms with Gasteiger partial charge < -0.3 is 9.73 Å². The van der Waals surface area contributed by atoms with Crippen LogP contribution in [-0.4, -0.2) is 22.0 Å². The monoisotopic (exact) mass is 290 g/mol. The highest BCUT2D eigenvalue weighted by Crippen LogP contribution is 2.27. The van der Waals surface area contributed by atoms with Gasteiger partial charge in [-0.2, -0.15) is 0 Å². The lowest BCUT2D eigenvalue weighted by Gasteiger charge is -2.29. The predicted octanol–water partition coefficient (Wildman–Crippen LogP) is 2.98. The van der Waals surface area contributed by atoms with Crippen molar-refractivity contribution >= 4 is 29.3 Å². The van der Waals surface area contributed by atoms with Gasteiger partial charge in [-0.1, -0.05) is 19.3 Å². The summed E-state index contributed by atoms with van der Waals surface area (Å²) in [6.07, 6.45) is 7.42. The average Bonchev–Trinajstić information content (AvgIpc) is 2.96. The Kier molecular flexibility index (Phi) is 3.61. The number of hydrogen-bond acceptors (Lipinski definition) is 3. The highest BCUT2D eigenvalue weighted by molar-refractivity contribution is 7.80. The van der Waals surface area contributed by atoms with Crippen LogP contribution in [0.2, 0.25) is 0 Å². The molecule has 106 valence electrons. The van der Waals surface area contributed by atoms with Gasteiger partial charge in [-0.05, 0) is 44.1 Å². The third kappa shape index (κ3) is 2.50. The Bertz CT molecular complexity index is 570. The number of hydrogen-bond donors (Lipinski definition) is 1. The standard InChI is InChI=1S/C15H18N2O2S/c1-10-7-8-12(19-10)9-13-14(18)17(15(20)16-13)11-5-3-2-4-6-11/h7-9,11H,2-6H2,1H3,(H,16,20)/b13-9+. The van der Waals surface area contributed by atoms with Crippen LogP contribution in [-0.2, 0) is 4.79 Å². The van der Waals surface area contributed by atoms with Crippen LogP contribution in [0.3, 0.4) is 0 Å². The van der Waals surface area contributed by atoms with Crippen molar-refractivity contribution in [3.05, 3.63) is 29.4 Å². The molecule has 2 fully saturated rings. The molecule has 0 bridgehead atoms. The minimum absolute atomic E-state index is 0.0315. The molecule has 1 amide bonds. The van der Waals surface area contributed by atoms with Crippen molar-refractivity contribution in [1.29, 1.82) is 0 Å². The van der Waals surface area contributed by atoms with Crippen LogP contribution in [0, 0.1) is 6.92 Å². The van der Waals surface area contributed by atoms with E-state index in [0.717, 1.165) is 18.6 Å². The lowest BCUT2D eigenvalue weighted by atomic mass is 9.94. The van der Waals surface area contributed by atoms with E-state index in [1.807, 2.05) is 19.1 Å². The Morgan fingerprint density at radius 1 is 1.35 bits per heavy atom. The molecule has 0 unspecified atom stereocenters. The summed E-state index contributed by atoms with van der Waals surface area (Å²) in [7, 11) is 0. The zero-order valence-electron chi connectivity index (χ0n) is 11.5. The molecule has 1 aromatic rings. The van der Waals surface area contributed by atoms with Gasteiger partial charge in [0.25, 0.3) is 5.91 Å². The van der Waals surface area contributed by atoms with Gasteiger partial charge in [-0.25, -0.2) is 0 Å². The highest BCUT2D eigenvalue weighted by atomic mass is 32.1. The number of nitrogens with one attached hydrogen (secondary N) is 1. The predicted molar refractivity (Wildman–Crippen MR) is 80.9 cm³/mol. The maximum atomic E-state index is 12.5. The average molecular weight is 290 g/mol. The molecular formula is C15H18N2O2S. The molecule has 5 heteroatoms. The van der Waals surface area contributed by atoms with Gasteiger partial charge in [0, 0.05) is 12.1 Å². The topological polar surface area (TPSA) is 45.5 Å². The van der Waals surface area contributed by atoms with Gasteiger partial charge in [0.05, 0.1) is 0 Å². The number of thiocarbonyl (C=S) groups is 1. The van der Waals surface area contributed by atoms with Crippen molar-refractivity contribution in [2.24, 2.45) is 0 Å². The van der Waals surface area contributed by atoms with Crippen LogP contribution < -0.4 is 5.32 Å². The fourth-order valence-electron chi connectivity index (χ4n) is 2.89. The van der Waals surface area contributed by atoms with Crippen molar-refractivity contribution < 1.29 is 9.21 Å². The van der Waals surface area contributed by atoms with Gasteiger partial charge in [-0.3, -0.25) is 9.69 Å². The summed E-state index contributed by atoms with van der Waals surface area (Å²) in [4.78, 5) is 14.2. The number of amides is 1. The number of nitrogens with zero attached hydrogens (tertiary/aromatic N) is 1. The Hall–Kier alpha value is -1.62. The lowest BCUT2D eigenvalue weighted by molar-refractivity contribution is -0.124. The van der Waals surface area contributed by atoms with E-state index in [0.29, 0.717) is 16.6 Å². The molecule has 0 atom stereocenters. The van der Waals surface area contributed by atoms with Gasteiger partial charge in [-0.15, -0.1) is 0 Å². The SMILES string of the molecule is Cc1ccc(/C=C2/NC(=S)N(C3CCCCC3)C2=O)o1. The molecule has 1 aromatic heterocycles. The summed E-state index contributed by atoms with van der Waals surface area (Å²) in [5, 5.41) is 3.54. The largest absolute Gasteiger partial charge is 0.462 e. The van der Waals surface area contributed by atoms with Crippen LogP contribution in [0.15, 0.2) is 22.2 Å². The summed E-state index contributed by atoms with van der Waals surface area (Å²) in [5.74, 6) is 1.47. The lowest BCUT2D eigenvalue weighted by Crippen LogP contribution is -2.41. The van der Waals surface area contributed by atoms with E-state index in [1.54, 1.807) is 11.0 Å². The normalized spacial score (nSPS) is 22.6. The van der Waals surface area contributed by atoms with Gasteiger partial charge in [0.1, 0.15) is 17.2 Å². The second-order valence-electron chi connectivity index (χ2n) is 5.40. The van der Waals surface area contributed by atoms with E-state index in [-0.39, 0.29) is 11.9 Å². The molecule has 20 heavy (non-hydrogen) atoms. The van der Waals surface area contributed by atoms with Crippen molar-refractivity contribution in [2.75, 3.05) is 0 Å². The fourth-order valence-corrected chi connectivity index (χ4v) is 3.23. The molecule has 2 aliphatic rings. The molecule has 0 radical (unpaired) electrons. The van der Waals surface area contributed by atoms with E-state index < -0.39 is 0 Å². The van der Waals surface area contributed by atoms with Crippen molar-refractivity contribution in [3.8, 4) is 0 Å². The Balaban J connectivity index is 1.81. The summed E-state index contributed by atoms with van der Waals surface area (Å²) >= 11 is 5.32. The third-order valence-corrected chi connectivity index (χ3v) is 4.20. The molecule has 1 saturated heterocycles. The molecule has 1 aliphatic heterocycles. The fraction of sp³-hybridized carbons (Fsp3) is 0.467. The third-order valence-electron chi connectivity index (χ3n) is 3.90. The number of carbonyl (C=O) groups is 1. The van der Waals surface area contributed by atoms with Gasteiger partial charge >= 0.3 is 0 Å². The van der Waals surface area contributed by atoms with Gasteiger partial charge in [0.15, 0.2) is 5.11 Å². The molecule has 3 rings (SSSR count). The van der Waals surface area contributed by atoms with Crippen LogP contribution >= 0.6 is 12.2 Å². The number of furan rings is 1. The Morgan fingerprint density at radius 2 is 2.10 bits per heavy atom. The Labute approximate surface area is 123 Å². The van der Waals surface area contributed by atoms with Gasteiger partial charge in [0.2, 0.25) is 0 Å². The van der Waals surface area contributed by atoms with Crippen molar-refractivity contribution in [3.63, 3.8) is 0 Å². The molecule has 2 heterocycles. The van der Waals surface area contributed by atoms with E-state index >= 15 is 0 Å².